The van der Waals surface area contributed by atoms with Gasteiger partial charge < -0.3 is 5.73 Å². The average Bonchev–Trinajstić information content (AvgIpc) is 2.12. The van der Waals surface area contributed by atoms with Gasteiger partial charge in [0.1, 0.15) is 6.17 Å². The fourth-order valence-electron chi connectivity index (χ4n) is 1.73. The molecule has 3 heteroatoms. The fraction of sp³-hybridized carbons (Fsp3) is 0.400. The maximum Gasteiger partial charge on any atom is 0.140 e. The van der Waals surface area contributed by atoms with Crippen molar-refractivity contribution in [2.45, 2.75) is 25.1 Å². The second-order valence-corrected chi connectivity index (χ2v) is 3.30. The zero-order valence-corrected chi connectivity index (χ0v) is 8.06. The molecule has 0 radical (unpaired) electrons. The summed E-state index contributed by atoms with van der Waals surface area (Å²) in [5.74, 6) is 0. The van der Waals surface area contributed by atoms with E-state index in [2.05, 4.69) is 0 Å². The van der Waals surface area contributed by atoms with Crippen LogP contribution >= 0.6 is 12.4 Å². The highest BCUT2D eigenvalue weighted by atomic mass is 35.5. The number of hydrogen-bond donors (Lipinski definition) is 1. The van der Waals surface area contributed by atoms with Gasteiger partial charge in [0.05, 0.1) is 0 Å². The van der Waals surface area contributed by atoms with E-state index in [-0.39, 0.29) is 18.4 Å². The molecule has 2 unspecified atom stereocenters. The molecule has 0 saturated heterocycles. The lowest BCUT2D eigenvalue weighted by molar-refractivity contribution is 0.264. The van der Waals surface area contributed by atoms with E-state index in [1.54, 1.807) is 0 Å². The monoisotopic (exact) mass is 201 g/mol. The minimum Gasteiger partial charge on any atom is -0.325 e. The van der Waals surface area contributed by atoms with Crippen LogP contribution in [0.25, 0.3) is 0 Å². The highest BCUT2D eigenvalue weighted by molar-refractivity contribution is 5.85. The third kappa shape index (κ3) is 1.84. The zero-order valence-electron chi connectivity index (χ0n) is 7.24. The van der Waals surface area contributed by atoms with Gasteiger partial charge in [-0.3, -0.25) is 0 Å². The smallest absolute Gasteiger partial charge is 0.140 e. The van der Waals surface area contributed by atoms with Gasteiger partial charge in [-0.15, -0.1) is 12.4 Å². The van der Waals surface area contributed by atoms with Gasteiger partial charge in [-0.1, -0.05) is 24.3 Å². The van der Waals surface area contributed by atoms with Crippen molar-refractivity contribution in [3.63, 3.8) is 0 Å². The van der Waals surface area contributed by atoms with E-state index in [0.717, 1.165) is 24.0 Å². The van der Waals surface area contributed by atoms with E-state index < -0.39 is 6.17 Å². The van der Waals surface area contributed by atoms with E-state index in [9.17, 15) is 4.39 Å². The zero-order chi connectivity index (χ0) is 8.55. The molecule has 1 aliphatic carbocycles. The first kappa shape index (κ1) is 10.5. The van der Waals surface area contributed by atoms with Crippen LogP contribution in [0.5, 0.6) is 0 Å². The number of rotatable bonds is 0. The maximum atomic E-state index is 13.4. The van der Waals surface area contributed by atoms with Crippen LogP contribution in [0, 0.1) is 0 Å². The molecule has 0 amide bonds. The van der Waals surface area contributed by atoms with Crippen molar-refractivity contribution in [1.82, 2.24) is 0 Å². The topological polar surface area (TPSA) is 26.0 Å². The van der Waals surface area contributed by atoms with E-state index in [1.165, 1.54) is 0 Å². The number of aryl methyl sites for hydroxylation is 1. The predicted molar refractivity (Wildman–Crippen MR) is 53.8 cm³/mol. The molecule has 2 rings (SSSR count). The number of alkyl halides is 1. The molecule has 1 aromatic rings. The van der Waals surface area contributed by atoms with Gasteiger partial charge in [0, 0.05) is 6.04 Å². The van der Waals surface area contributed by atoms with Gasteiger partial charge in [0.2, 0.25) is 0 Å². The van der Waals surface area contributed by atoms with Crippen molar-refractivity contribution < 1.29 is 4.39 Å². The van der Waals surface area contributed by atoms with Crippen molar-refractivity contribution in [2.75, 3.05) is 0 Å². The minimum absolute atomic E-state index is 0. The highest BCUT2D eigenvalue weighted by Gasteiger charge is 2.25. The van der Waals surface area contributed by atoms with Crippen molar-refractivity contribution in [2.24, 2.45) is 5.73 Å². The number of hydrogen-bond acceptors (Lipinski definition) is 1. The molecular formula is C10H13ClFN. The number of fused-ring (bicyclic) bond motifs is 1. The van der Waals surface area contributed by atoms with Crippen LogP contribution in [0.1, 0.15) is 23.7 Å². The summed E-state index contributed by atoms with van der Waals surface area (Å²) in [6.45, 7) is 0. The lowest BCUT2D eigenvalue weighted by Crippen LogP contribution is -2.30. The Hall–Kier alpha value is -0.600. The van der Waals surface area contributed by atoms with Crippen molar-refractivity contribution in [1.29, 1.82) is 0 Å². The molecule has 0 fully saturated rings. The summed E-state index contributed by atoms with van der Waals surface area (Å²) >= 11 is 0. The first-order chi connectivity index (χ1) is 5.79. The Kier molecular flexibility index (Phi) is 3.28. The summed E-state index contributed by atoms with van der Waals surface area (Å²) in [7, 11) is 0. The molecule has 0 bridgehead atoms. The SMILES string of the molecule is Cl.NC1CCc2ccccc2C1F. The highest BCUT2D eigenvalue weighted by Crippen LogP contribution is 2.31. The standard InChI is InChI=1S/C10H12FN.ClH/c11-10-8-4-2-1-3-7(8)5-6-9(10)12;/h1-4,9-10H,5-6,12H2;1H. The molecular weight excluding hydrogens is 189 g/mol. The Balaban J connectivity index is 0.000000845. The lowest BCUT2D eigenvalue weighted by Gasteiger charge is -2.25. The molecule has 2 atom stereocenters. The average molecular weight is 202 g/mol. The van der Waals surface area contributed by atoms with Crippen LogP contribution in [-0.4, -0.2) is 6.04 Å². The van der Waals surface area contributed by atoms with Crippen molar-refractivity contribution in [3.05, 3.63) is 35.4 Å². The second kappa shape index (κ2) is 4.07. The number of halogens is 2. The van der Waals surface area contributed by atoms with Gasteiger partial charge in [-0.05, 0) is 24.0 Å². The van der Waals surface area contributed by atoms with Crippen LogP contribution in [-0.2, 0) is 6.42 Å². The number of nitrogens with two attached hydrogens (primary N) is 1. The Bertz CT molecular complexity index is 290. The molecule has 0 saturated carbocycles. The maximum absolute atomic E-state index is 13.4. The largest absolute Gasteiger partial charge is 0.325 e. The fourth-order valence-corrected chi connectivity index (χ4v) is 1.73. The van der Waals surface area contributed by atoms with E-state index in [4.69, 9.17) is 5.73 Å². The quantitative estimate of drug-likeness (QED) is 0.686. The van der Waals surface area contributed by atoms with Gasteiger partial charge in [-0.2, -0.15) is 0 Å². The van der Waals surface area contributed by atoms with Crippen molar-refractivity contribution >= 4 is 12.4 Å². The van der Waals surface area contributed by atoms with E-state index in [1.807, 2.05) is 24.3 Å². The van der Waals surface area contributed by atoms with Gasteiger partial charge in [0.25, 0.3) is 0 Å². The minimum atomic E-state index is -0.963. The Morgan fingerprint density at radius 1 is 1.31 bits per heavy atom. The van der Waals surface area contributed by atoms with Crippen LogP contribution in [0.3, 0.4) is 0 Å². The van der Waals surface area contributed by atoms with E-state index >= 15 is 0 Å². The Morgan fingerprint density at radius 3 is 2.77 bits per heavy atom. The first-order valence-electron chi connectivity index (χ1n) is 4.26. The summed E-state index contributed by atoms with van der Waals surface area (Å²) < 4.78 is 13.4. The molecule has 13 heavy (non-hydrogen) atoms. The van der Waals surface area contributed by atoms with Crippen LogP contribution in [0.15, 0.2) is 24.3 Å². The molecule has 1 aromatic carbocycles. The van der Waals surface area contributed by atoms with Gasteiger partial charge in [-0.25, -0.2) is 4.39 Å². The molecule has 72 valence electrons. The number of benzene rings is 1. The predicted octanol–water partition coefficient (Wildman–Crippen LogP) is 2.39. The molecule has 0 spiro atoms. The second-order valence-electron chi connectivity index (χ2n) is 3.30. The lowest BCUT2D eigenvalue weighted by atomic mass is 9.87. The first-order valence-corrected chi connectivity index (χ1v) is 4.26. The molecule has 1 aliphatic rings. The molecule has 2 N–H and O–H groups in total. The molecule has 1 nitrogen and oxygen atoms in total. The van der Waals surface area contributed by atoms with Gasteiger partial charge >= 0.3 is 0 Å². The van der Waals surface area contributed by atoms with E-state index in [0.29, 0.717) is 0 Å². The summed E-state index contributed by atoms with van der Waals surface area (Å²) in [6, 6.07) is 7.32. The summed E-state index contributed by atoms with van der Waals surface area (Å²) in [5, 5.41) is 0. The molecule has 0 aromatic heterocycles. The molecule has 0 heterocycles. The third-order valence-electron chi connectivity index (χ3n) is 2.48. The summed E-state index contributed by atoms with van der Waals surface area (Å²) in [6.07, 6.45) is 0.714. The van der Waals surface area contributed by atoms with Crippen LogP contribution in [0.2, 0.25) is 0 Å². The third-order valence-corrected chi connectivity index (χ3v) is 2.48. The van der Waals surface area contributed by atoms with Crippen molar-refractivity contribution in [3.8, 4) is 0 Å². The van der Waals surface area contributed by atoms with Crippen LogP contribution in [0.4, 0.5) is 4.39 Å². The summed E-state index contributed by atoms with van der Waals surface area (Å²) in [4.78, 5) is 0. The Morgan fingerprint density at radius 2 is 2.00 bits per heavy atom. The Labute approximate surface area is 83.5 Å². The molecule has 0 aliphatic heterocycles. The normalized spacial score (nSPS) is 26.0. The summed E-state index contributed by atoms with van der Waals surface area (Å²) in [5.41, 5.74) is 7.52. The van der Waals surface area contributed by atoms with Gasteiger partial charge in [0.15, 0.2) is 0 Å². The van der Waals surface area contributed by atoms with Crippen LogP contribution < -0.4 is 5.73 Å².